The highest BCUT2D eigenvalue weighted by Gasteiger charge is 2.44. The van der Waals surface area contributed by atoms with Crippen molar-refractivity contribution in [3.05, 3.63) is 15.6 Å². The minimum absolute atomic E-state index is 0.130. The van der Waals surface area contributed by atoms with Gasteiger partial charge in [-0.2, -0.15) is 0 Å². The molecule has 1 aromatic heterocycles. The van der Waals surface area contributed by atoms with Crippen LogP contribution in [0.15, 0.2) is 0 Å². The lowest BCUT2D eigenvalue weighted by molar-refractivity contribution is 0.110. The second-order valence-electron chi connectivity index (χ2n) is 7.82. The molecule has 0 bridgehead atoms. The Kier molecular flexibility index (Phi) is 3.70. The molecule has 0 aliphatic heterocycles. The zero-order valence-electron chi connectivity index (χ0n) is 13.4. The third kappa shape index (κ3) is 2.67. The van der Waals surface area contributed by atoms with Crippen LogP contribution >= 0.6 is 11.3 Å². The standard InChI is InChI=1S/C17H28N2S/c1-12(2)19-17(10-6-9-16(3,4)11-17)15-18-13-7-5-8-14(13)20-15/h12,19H,5-11H2,1-4H3. The van der Waals surface area contributed by atoms with Crippen molar-refractivity contribution in [3.8, 4) is 0 Å². The van der Waals surface area contributed by atoms with E-state index in [1.165, 1.54) is 55.6 Å². The molecule has 3 rings (SSSR count). The fourth-order valence-corrected chi connectivity index (χ4v) is 5.51. The Morgan fingerprint density at radius 2 is 1.95 bits per heavy atom. The minimum atomic E-state index is 0.130. The van der Waals surface area contributed by atoms with Gasteiger partial charge in [0, 0.05) is 10.9 Å². The van der Waals surface area contributed by atoms with Crippen molar-refractivity contribution in [2.75, 3.05) is 0 Å². The van der Waals surface area contributed by atoms with Gasteiger partial charge in [0.15, 0.2) is 0 Å². The van der Waals surface area contributed by atoms with Crippen LogP contribution in [0.3, 0.4) is 0 Å². The van der Waals surface area contributed by atoms with Crippen molar-refractivity contribution in [1.29, 1.82) is 0 Å². The number of rotatable bonds is 3. The SMILES string of the molecule is CC(C)NC1(c2nc3c(s2)CCC3)CCCC(C)(C)C1. The van der Waals surface area contributed by atoms with Crippen LogP contribution in [0.25, 0.3) is 0 Å². The summed E-state index contributed by atoms with van der Waals surface area (Å²) >= 11 is 2.00. The van der Waals surface area contributed by atoms with E-state index >= 15 is 0 Å². The van der Waals surface area contributed by atoms with E-state index in [0.717, 1.165) is 0 Å². The first-order valence-electron chi connectivity index (χ1n) is 8.17. The van der Waals surface area contributed by atoms with E-state index in [2.05, 4.69) is 33.0 Å². The van der Waals surface area contributed by atoms with E-state index in [-0.39, 0.29) is 5.54 Å². The normalized spacial score (nSPS) is 28.9. The maximum Gasteiger partial charge on any atom is 0.113 e. The average molecular weight is 292 g/mol. The molecule has 1 fully saturated rings. The van der Waals surface area contributed by atoms with Crippen molar-refractivity contribution < 1.29 is 0 Å². The van der Waals surface area contributed by atoms with Gasteiger partial charge >= 0.3 is 0 Å². The van der Waals surface area contributed by atoms with E-state index in [9.17, 15) is 0 Å². The number of hydrogen-bond donors (Lipinski definition) is 1. The van der Waals surface area contributed by atoms with Crippen LogP contribution in [0, 0.1) is 5.41 Å². The van der Waals surface area contributed by atoms with Crippen molar-refractivity contribution in [1.82, 2.24) is 10.3 Å². The van der Waals surface area contributed by atoms with Crippen molar-refractivity contribution >= 4 is 11.3 Å². The van der Waals surface area contributed by atoms with E-state index in [4.69, 9.17) is 4.98 Å². The summed E-state index contributed by atoms with van der Waals surface area (Å²) in [5.41, 5.74) is 1.96. The molecule has 1 N–H and O–H groups in total. The van der Waals surface area contributed by atoms with Crippen LogP contribution in [0.2, 0.25) is 0 Å². The quantitative estimate of drug-likeness (QED) is 0.891. The Labute approximate surface area is 127 Å². The van der Waals surface area contributed by atoms with E-state index in [1.807, 2.05) is 11.3 Å². The average Bonchev–Trinajstić information content (AvgIpc) is 2.85. The highest BCUT2D eigenvalue weighted by Crippen LogP contribution is 2.48. The number of aryl methyl sites for hydroxylation is 2. The molecule has 1 aromatic rings. The minimum Gasteiger partial charge on any atom is -0.303 e. The van der Waals surface area contributed by atoms with Gasteiger partial charge in [0.05, 0.1) is 11.2 Å². The lowest BCUT2D eigenvalue weighted by atomic mass is 9.68. The van der Waals surface area contributed by atoms with E-state index in [1.54, 1.807) is 4.88 Å². The van der Waals surface area contributed by atoms with Crippen LogP contribution in [-0.4, -0.2) is 11.0 Å². The summed E-state index contributed by atoms with van der Waals surface area (Å²) in [4.78, 5) is 6.62. The molecule has 3 heteroatoms. The summed E-state index contributed by atoms with van der Waals surface area (Å²) in [5.74, 6) is 0. The molecule has 1 saturated carbocycles. The summed E-state index contributed by atoms with van der Waals surface area (Å²) in [6, 6.07) is 0.516. The predicted molar refractivity (Wildman–Crippen MR) is 86.3 cm³/mol. The number of hydrogen-bond acceptors (Lipinski definition) is 3. The van der Waals surface area contributed by atoms with Gasteiger partial charge in [0.25, 0.3) is 0 Å². The smallest absolute Gasteiger partial charge is 0.113 e. The third-order valence-electron chi connectivity index (χ3n) is 4.81. The highest BCUT2D eigenvalue weighted by molar-refractivity contribution is 7.12. The number of nitrogens with one attached hydrogen (secondary N) is 1. The largest absolute Gasteiger partial charge is 0.303 e. The van der Waals surface area contributed by atoms with E-state index in [0.29, 0.717) is 11.5 Å². The van der Waals surface area contributed by atoms with Crippen LogP contribution < -0.4 is 5.32 Å². The molecule has 112 valence electrons. The summed E-state index contributed by atoms with van der Waals surface area (Å²) in [6.45, 7) is 9.38. The van der Waals surface area contributed by atoms with Gasteiger partial charge in [-0.05, 0) is 57.8 Å². The lowest BCUT2D eigenvalue weighted by Crippen LogP contribution is -2.50. The molecule has 1 unspecified atom stereocenters. The molecule has 1 atom stereocenters. The molecular formula is C17H28N2S. The predicted octanol–water partition coefficient (Wildman–Crippen LogP) is 4.43. The number of aromatic nitrogens is 1. The second-order valence-corrected chi connectivity index (χ2v) is 8.90. The van der Waals surface area contributed by atoms with Crippen LogP contribution in [0.5, 0.6) is 0 Å². The topological polar surface area (TPSA) is 24.9 Å². The summed E-state index contributed by atoms with van der Waals surface area (Å²) in [5, 5.41) is 5.28. The Bertz CT molecular complexity index is 468. The molecule has 0 radical (unpaired) electrons. The van der Waals surface area contributed by atoms with Gasteiger partial charge in [-0.3, -0.25) is 0 Å². The third-order valence-corrected chi connectivity index (χ3v) is 6.17. The Balaban J connectivity index is 1.96. The zero-order chi connectivity index (χ0) is 14.4. The van der Waals surface area contributed by atoms with Crippen molar-refractivity contribution in [2.45, 2.75) is 84.2 Å². The van der Waals surface area contributed by atoms with Gasteiger partial charge in [-0.25, -0.2) is 4.98 Å². The van der Waals surface area contributed by atoms with Crippen molar-refractivity contribution in [3.63, 3.8) is 0 Å². The van der Waals surface area contributed by atoms with Gasteiger partial charge in [-0.1, -0.05) is 20.3 Å². The summed E-state index contributed by atoms with van der Waals surface area (Å²) in [7, 11) is 0. The number of nitrogens with zero attached hydrogens (tertiary/aromatic N) is 1. The molecule has 0 aromatic carbocycles. The van der Waals surface area contributed by atoms with Crippen LogP contribution in [-0.2, 0) is 18.4 Å². The first-order valence-corrected chi connectivity index (χ1v) is 8.99. The van der Waals surface area contributed by atoms with E-state index < -0.39 is 0 Å². The van der Waals surface area contributed by atoms with Crippen molar-refractivity contribution in [2.24, 2.45) is 5.41 Å². The molecule has 20 heavy (non-hydrogen) atoms. The first kappa shape index (κ1) is 14.5. The Hall–Kier alpha value is -0.410. The highest BCUT2D eigenvalue weighted by atomic mass is 32.1. The van der Waals surface area contributed by atoms with Crippen LogP contribution in [0.1, 0.15) is 75.4 Å². The summed E-state index contributed by atoms with van der Waals surface area (Å²) in [6.07, 6.45) is 8.91. The number of thiazole rings is 1. The molecule has 0 amide bonds. The van der Waals surface area contributed by atoms with Gasteiger partial charge in [0.1, 0.15) is 5.01 Å². The van der Waals surface area contributed by atoms with Crippen LogP contribution in [0.4, 0.5) is 0 Å². The molecule has 0 saturated heterocycles. The maximum absolute atomic E-state index is 5.06. The Morgan fingerprint density at radius 3 is 2.60 bits per heavy atom. The second kappa shape index (κ2) is 5.10. The maximum atomic E-state index is 5.06. The van der Waals surface area contributed by atoms with Gasteiger partial charge in [0.2, 0.25) is 0 Å². The zero-order valence-corrected chi connectivity index (χ0v) is 14.2. The van der Waals surface area contributed by atoms with Gasteiger partial charge < -0.3 is 5.32 Å². The van der Waals surface area contributed by atoms with Gasteiger partial charge in [-0.15, -0.1) is 11.3 Å². The molecule has 0 spiro atoms. The molecule has 2 aliphatic rings. The number of fused-ring (bicyclic) bond motifs is 1. The monoisotopic (exact) mass is 292 g/mol. The molecule has 2 aliphatic carbocycles. The first-order chi connectivity index (χ1) is 9.40. The molecular weight excluding hydrogens is 264 g/mol. The fraction of sp³-hybridized carbons (Fsp3) is 0.824. The fourth-order valence-electron chi connectivity index (χ4n) is 4.18. The lowest BCUT2D eigenvalue weighted by Gasteiger charge is -2.45. The molecule has 2 nitrogen and oxygen atoms in total. The molecule has 1 heterocycles. The Morgan fingerprint density at radius 1 is 1.15 bits per heavy atom. The summed E-state index contributed by atoms with van der Waals surface area (Å²) < 4.78 is 0.